The van der Waals surface area contributed by atoms with E-state index in [1.807, 2.05) is 26.8 Å². The van der Waals surface area contributed by atoms with Crippen molar-refractivity contribution in [2.24, 2.45) is 5.73 Å². The summed E-state index contributed by atoms with van der Waals surface area (Å²) in [5, 5.41) is 0. The van der Waals surface area contributed by atoms with E-state index in [0.29, 0.717) is 25.9 Å². The summed E-state index contributed by atoms with van der Waals surface area (Å²) in [4.78, 5) is 13.7. The van der Waals surface area contributed by atoms with Gasteiger partial charge in [0.15, 0.2) is 0 Å². The molecule has 2 N–H and O–H groups in total. The zero-order valence-electron chi connectivity index (χ0n) is 12.8. The van der Waals surface area contributed by atoms with E-state index in [1.54, 1.807) is 17.1 Å². The summed E-state index contributed by atoms with van der Waals surface area (Å²) in [6.45, 7) is 14.3. The van der Waals surface area contributed by atoms with Gasteiger partial charge in [0.2, 0.25) is 0 Å². The van der Waals surface area contributed by atoms with E-state index in [2.05, 4.69) is 13.2 Å². The van der Waals surface area contributed by atoms with E-state index in [1.165, 1.54) is 0 Å². The fourth-order valence-corrected chi connectivity index (χ4v) is 2.27. The van der Waals surface area contributed by atoms with Gasteiger partial charge in [-0.2, -0.15) is 0 Å². The van der Waals surface area contributed by atoms with Crippen LogP contribution in [0.3, 0.4) is 0 Å². The fraction of sp³-hybridized carbons (Fsp3) is 0.562. The maximum atomic E-state index is 12.0. The first-order valence-corrected chi connectivity index (χ1v) is 6.94. The number of nitrogens with zero attached hydrogens (tertiary/aromatic N) is 1. The van der Waals surface area contributed by atoms with Crippen molar-refractivity contribution in [3.63, 3.8) is 0 Å². The van der Waals surface area contributed by atoms with Crippen LogP contribution in [-0.2, 0) is 4.74 Å². The molecule has 20 heavy (non-hydrogen) atoms. The Hall–Kier alpha value is -1.55. The molecule has 1 aliphatic heterocycles. The Kier molecular flexibility index (Phi) is 5.17. The fourth-order valence-electron chi connectivity index (χ4n) is 2.27. The monoisotopic (exact) mass is 278 g/mol. The number of likely N-dealkylation sites (tertiary alicyclic amines) is 1. The van der Waals surface area contributed by atoms with Gasteiger partial charge in [0.1, 0.15) is 5.60 Å². The first-order valence-electron chi connectivity index (χ1n) is 6.94. The lowest BCUT2D eigenvalue weighted by atomic mass is 9.81. The van der Waals surface area contributed by atoms with Gasteiger partial charge in [0.25, 0.3) is 0 Å². The first-order chi connectivity index (χ1) is 9.22. The van der Waals surface area contributed by atoms with Crippen LogP contribution in [0.5, 0.6) is 0 Å². The van der Waals surface area contributed by atoms with Gasteiger partial charge in [0, 0.05) is 18.6 Å². The van der Waals surface area contributed by atoms with Gasteiger partial charge in [-0.15, -0.1) is 0 Å². The van der Waals surface area contributed by atoms with Crippen molar-refractivity contribution in [3.8, 4) is 0 Å². The Morgan fingerprint density at radius 3 is 2.25 bits per heavy atom. The van der Waals surface area contributed by atoms with Gasteiger partial charge >= 0.3 is 6.09 Å². The van der Waals surface area contributed by atoms with E-state index in [-0.39, 0.29) is 6.09 Å². The number of carbonyl (C=O) groups excluding carboxylic acids is 1. The molecule has 1 rings (SSSR count). The third-order valence-corrected chi connectivity index (χ3v) is 3.40. The highest BCUT2D eigenvalue weighted by molar-refractivity contribution is 5.68. The number of nitrogens with two attached hydrogens (primary N) is 1. The van der Waals surface area contributed by atoms with E-state index >= 15 is 0 Å². The van der Waals surface area contributed by atoms with Crippen LogP contribution in [0.2, 0.25) is 0 Å². The highest BCUT2D eigenvalue weighted by atomic mass is 16.6. The molecule has 0 unspecified atom stereocenters. The van der Waals surface area contributed by atoms with Crippen LogP contribution in [0.25, 0.3) is 0 Å². The largest absolute Gasteiger partial charge is 0.444 e. The summed E-state index contributed by atoms with van der Waals surface area (Å²) in [5.74, 6) is 0. The molecular formula is C16H26N2O2. The second-order valence-electron chi connectivity index (χ2n) is 6.19. The molecule has 0 aromatic rings. The Bertz CT molecular complexity index is 411. The number of allylic oxidation sites excluding steroid dienone is 2. The van der Waals surface area contributed by atoms with Gasteiger partial charge < -0.3 is 15.4 Å². The molecule has 0 spiro atoms. The molecular weight excluding hydrogens is 252 g/mol. The summed E-state index contributed by atoms with van der Waals surface area (Å²) < 4.78 is 5.37. The minimum Gasteiger partial charge on any atom is -0.444 e. The predicted molar refractivity (Wildman–Crippen MR) is 82.4 cm³/mol. The Morgan fingerprint density at radius 1 is 1.30 bits per heavy atom. The van der Waals surface area contributed by atoms with E-state index in [0.717, 1.165) is 5.57 Å². The Labute approximate surface area is 122 Å². The first kappa shape index (κ1) is 16.5. The number of carbonyl (C=O) groups is 1. The molecule has 0 radical (unpaired) electrons. The van der Waals surface area contributed by atoms with Crippen LogP contribution in [0.15, 0.2) is 37.0 Å². The van der Waals surface area contributed by atoms with E-state index < -0.39 is 11.1 Å². The Morgan fingerprint density at radius 2 is 1.85 bits per heavy atom. The molecule has 1 amide bonds. The van der Waals surface area contributed by atoms with Gasteiger partial charge in [0.05, 0.1) is 0 Å². The molecule has 1 heterocycles. The number of rotatable bonds is 3. The number of hydrogen-bond donors (Lipinski definition) is 1. The lowest BCUT2D eigenvalue weighted by molar-refractivity contribution is 0.0184. The SMILES string of the molecule is C=C/C=C(\C=C)C1(N)CCN(C(=O)OC(C)(C)C)CC1. The summed E-state index contributed by atoms with van der Waals surface area (Å²) >= 11 is 0. The van der Waals surface area contributed by atoms with Gasteiger partial charge in [-0.25, -0.2) is 4.79 Å². The smallest absolute Gasteiger partial charge is 0.410 e. The van der Waals surface area contributed by atoms with Crippen molar-refractivity contribution < 1.29 is 9.53 Å². The molecule has 4 heteroatoms. The number of ether oxygens (including phenoxy) is 1. The van der Waals surface area contributed by atoms with Crippen LogP contribution >= 0.6 is 0 Å². The zero-order valence-corrected chi connectivity index (χ0v) is 12.8. The number of piperidine rings is 1. The van der Waals surface area contributed by atoms with Crippen molar-refractivity contribution in [2.75, 3.05) is 13.1 Å². The molecule has 0 aromatic carbocycles. The highest BCUT2D eigenvalue weighted by Crippen LogP contribution is 2.28. The minimum absolute atomic E-state index is 0.271. The van der Waals surface area contributed by atoms with Gasteiger partial charge in [-0.3, -0.25) is 0 Å². The van der Waals surface area contributed by atoms with Crippen molar-refractivity contribution in [3.05, 3.63) is 37.0 Å². The minimum atomic E-state index is -0.469. The third kappa shape index (κ3) is 4.23. The summed E-state index contributed by atoms with van der Waals surface area (Å²) in [5.41, 5.74) is 6.49. The highest BCUT2D eigenvalue weighted by Gasteiger charge is 2.35. The van der Waals surface area contributed by atoms with Crippen molar-refractivity contribution in [1.29, 1.82) is 0 Å². The zero-order chi connectivity index (χ0) is 15.4. The van der Waals surface area contributed by atoms with E-state index in [4.69, 9.17) is 10.5 Å². The van der Waals surface area contributed by atoms with E-state index in [9.17, 15) is 4.79 Å². The molecule has 4 nitrogen and oxygen atoms in total. The second kappa shape index (κ2) is 6.27. The maximum absolute atomic E-state index is 12.0. The van der Waals surface area contributed by atoms with Crippen molar-refractivity contribution in [1.82, 2.24) is 4.90 Å². The standard InChI is InChI=1S/C16H26N2O2/c1-6-8-13(7-2)16(17)9-11-18(12-10-16)14(19)20-15(3,4)5/h6-8H,1-2,9-12,17H2,3-5H3/b13-8+. The number of amides is 1. The average Bonchev–Trinajstić information content (AvgIpc) is 2.34. The predicted octanol–water partition coefficient (Wildman–Crippen LogP) is 3.01. The van der Waals surface area contributed by atoms with Crippen molar-refractivity contribution >= 4 is 6.09 Å². The van der Waals surface area contributed by atoms with Gasteiger partial charge in [-0.1, -0.05) is 31.4 Å². The molecule has 112 valence electrons. The van der Waals surface area contributed by atoms with Crippen LogP contribution in [0, 0.1) is 0 Å². The number of hydrogen-bond acceptors (Lipinski definition) is 3. The normalized spacial score (nSPS) is 19.4. The van der Waals surface area contributed by atoms with Gasteiger partial charge in [-0.05, 0) is 39.2 Å². The molecule has 0 saturated carbocycles. The summed E-state index contributed by atoms with van der Waals surface area (Å²) in [7, 11) is 0. The van der Waals surface area contributed by atoms with Crippen LogP contribution in [-0.4, -0.2) is 35.2 Å². The lowest BCUT2D eigenvalue weighted by Gasteiger charge is -2.40. The molecule has 1 aliphatic rings. The molecule has 0 aromatic heterocycles. The molecule has 0 aliphatic carbocycles. The quantitative estimate of drug-likeness (QED) is 0.807. The van der Waals surface area contributed by atoms with Crippen LogP contribution < -0.4 is 5.73 Å². The average molecular weight is 278 g/mol. The molecule has 1 fully saturated rings. The maximum Gasteiger partial charge on any atom is 0.410 e. The van der Waals surface area contributed by atoms with Crippen LogP contribution in [0.1, 0.15) is 33.6 Å². The summed E-state index contributed by atoms with van der Waals surface area (Å²) in [6, 6.07) is 0. The molecule has 0 bridgehead atoms. The second-order valence-corrected chi connectivity index (χ2v) is 6.19. The van der Waals surface area contributed by atoms with Crippen LogP contribution in [0.4, 0.5) is 4.79 Å². The molecule has 0 atom stereocenters. The molecule has 1 saturated heterocycles. The summed E-state index contributed by atoms with van der Waals surface area (Å²) in [6.07, 6.45) is 6.48. The third-order valence-electron chi connectivity index (χ3n) is 3.40. The van der Waals surface area contributed by atoms with Crippen molar-refractivity contribution in [2.45, 2.75) is 44.8 Å². The lowest BCUT2D eigenvalue weighted by Crippen LogP contribution is -2.53. The topological polar surface area (TPSA) is 55.6 Å². The Balaban J connectivity index is 2.67.